The quantitative estimate of drug-likeness (QED) is 0.149. The molecule has 0 saturated carbocycles. The predicted octanol–water partition coefficient (Wildman–Crippen LogP) is 14.8. The summed E-state index contributed by atoms with van der Waals surface area (Å²) in [5, 5.41) is 2.46. The van der Waals surface area contributed by atoms with Crippen LogP contribution in [0.5, 0.6) is 0 Å². The fourth-order valence-electron chi connectivity index (χ4n) is 7.42. The van der Waals surface area contributed by atoms with Crippen LogP contribution < -0.4 is 9.80 Å². The monoisotopic (exact) mass is 690 g/mol. The van der Waals surface area contributed by atoms with Gasteiger partial charge in [-0.15, -0.1) is 0 Å². The maximum Gasteiger partial charge on any atom is 0.0546 e. The Balaban J connectivity index is 1.02. The van der Waals surface area contributed by atoms with Gasteiger partial charge in [0.25, 0.3) is 0 Å². The van der Waals surface area contributed by atoms with Crippen molar-refractivity contribution in [3.05, 3.63) is 231 Å². The average Bonchev–Trinajstić information content (AvgIpc) is 3.26. The van der Waals surface area contributed by atoms with Crippen LogP contribution in [0, 0.1) is 0 Å². The van der Waals surface area contributed by atoms with Gasteiger partial charge in [0, 0.05) is 34.0 Å². The van der Waals surface area contributed by atoms with Crippen LogP contribution in [0.25, 0.3) is 44.2 Å². The van der Waals surface area contributed by atoms with Crippen LogP contribution in [0.4, 0.5) is 34.1 Å². The lowest BCUT2D eigenvalue weighted by atomic mass is 9.95. The van der Waals surface area contributed by atoms with E-state index in [-0.39, 0.29) is 0 Å². The van der Waals surface area contributed by atoms with E-state index in [1.807, 2.05) is 0 Å². The first-order valence-electron chi connectivity index (χ1n) is 18.4. The zero-order chi connectivity index (χ0) is 36.1. The van der Waals surface area contributed by atoms with Gasteiger partial charge in [-0.25, -0.2) is 0 Å². The summed E-state index contributed by atoms with van der Waals surface area (Å²) in [6.07, 6.45) is 0. The van der Waals surface area contributed by atoms with Gasteiger partial charge in [-0.05, 0) is 105 Å². The van der Waals surface area contributed by atoms with Crippen molar-refractivity contribution >= 4 is 44.9 Å². The molecule has 0 amide bonds. The molecular formula is C52H38N2. The van der Waals surface area contributed by atoms with E-state index in [0.717, 1.165) is 34.1 Å². The summed E-state index contributed by atoms with van der Waals surface area (Å²) in [5.41, 5.74) is 13.9. The Morgan fingerprint density at radius 1 is 0.222 bits per heavy atom. The van der Waals surface area contributed by atoms with Crippen molar-refractivity contribution in [1.82, 2.24) is 0 Å². The highest BCUT2D eigenvalue weighted by Gasteiger charge is 2.19. The number of rotatable bonds is 9. The van der Waals surface area contributed by atoms with Gasteiger partial charge < -0.3 is 9.80 Å². The molecule has 0 radical (unpaired) electrons. The molecule has 256 valence electrons. The predicted molar refractivity (Wildman–Crippen MR) is 230 cm³/mol. The van der Waals surface area contributed by atoms with Crippen LogP contribution in [0.2, 0.25) is 0 Å². The second-order valence-corrected chi connectivity index (χ2v) is 13.4. The number of hydrogen-bond acceptors (Lipinski definition) is 2. The fraction of sp³-hybridized carbons (Fsp3) is 0. The Bertz CT molecular complexity index is 2560. The average molecular weight is 691 g/mol. The molecule has 2 heteroatoms. The van der Waals surface area contributed by atoms with Crippen molar-refractivity contribution in [3.63, 3.8) is 0 Å². The zero-order valence-corrected chi connectivity index (χ0v) is 29.8. The molecule has 0 aliphatic rings. The van der Waals surface area contributed by atoms with E-state index in [1.54, 1.807) is 0 Å². The topological polar surface area (TPSA) is 6.48 Å². The molecule has 0 aromatic heterocycles. The lowest BCUT2D eigenvalue weighted by molar-refractivity contribution is 1.28. The molecule has 0 unspecified atom stereocenters. The van der Waals surface area contributed by atoms with Crippen LogP contribution >= 0.6 is 0 Å². The van der Waals surface area contributed by atoms with Crippen molar-refractivity contribution in [1.29, 1.82) is 0 Å². The first-order valence-corrected chi connectivity index (χ1v) is 18.4. The van der Waals surface area contributed by atoms with Crippen LogP contribution in [-0.4, -0.2) is 0 Å². The summed E-state index contributed by atoms with van der Waals surface area (Å²) in [4.78, 5) is 4.67. The number of para-hydroxylation sites is 3. The van der Waals surface area contributed by atoms with Gasteiger partial charge in [-0.2, -0.15) is 0 Å². The summed E-state index contributed by atoms with van der Waals surface area (Å²) in [6.45, 7) is 0. The third kappa shape index (κ3) is 6.53. The van der Waals surface area contributed by atoms with Gasteiger partial charge in [-0.3, -0.25) is 0 Å². The molecule has 9 rings (SSSR count). The number of nitrogens with zero attached hydrogens (tertiary/aromatic N) is 2. The molecule has 0 spiro atoms. The summed E-state index contributed by atoms with van der Waals surface area (Å²) < 4.78 is 0. The largest absolute Gasteiger partial charge is 0.311 e. The van der Waals surface area contributed by atoms with E-state index in [9.17, 15) is 0 Å². The third-order valence-corrected chi connectivity index (χ3v) is 10.1. The minimum atomic E-state index is 1.11. The normalized spacial score (nSPS) is 11.0. The molecule has 0 fully saturated rings. The number of benzene rings is 9. The Kier molecular flexibility index (Phi) is 8.99. The van der Waals surface area contributed by atoms with Gasteiger partial charge >= 0.3 is 0 Å². The SMILES string of the molecule is c1ccc(-c2c(N(c3ccccc3)c3ccc(-c4ccc(-c5ccc(N(c6ccccc6)c6ccccc6)cc5)cc4)cc3)ccc3ccccc23)cc1. The van der Waals surface area contributed by atoms with Crippen molar-refractivity contribution in [3.8, 4) is 33.4 Å². The third-order valence-electron chi connectivity index (χ3n) is 10.1. The lowest BCUT2D eigenvalue weighted by Gasteiger charge is -2.29. The van der Waals surface area contributed by atoms with Gasteiger partial charge in [0.05, 0.1) is 5.69 Å². The molecule has 0 saturated heterocycles. The van der Waals surface area contributed by atoms with Crippen LogP contribution in [0.1, 0.15) is 0 Å². The highest BCUT2D eigenvalue weighted by molar-refractivity contribution is 6.05. The second kappa shape index (κ2) is 14.8. The summed E-state index contributed by atoms with van der Waals surface area (Å²) in [7, 11) is 0. The molecule has 54 heavy (non-hydrogen) atoms. The first-order chi connectivity index (χ1) is 26.8. The van der Waals surface area contributed by atoms with Crippen LogP contribution in [0.15, 0.2) is 231 Å². The minimum Gasteiger partial charge on any atom is -0.311 e. The Hall–Kier alpha value is -7.16. The minimum absolute atomic E-state index is 1.11. The Morgan fingerprint density at radius 3 is 1.06 bits per heavy atom. The number of hydrogen-bond donors (Lipinski definition) is 0. The Morgan fingerprint density at radius 2 is 0.574 bits per heavy atom. The van der Waals surface area contributed by atoms with E-state index in [2.05, 4.69) is 240 Å². The van der Waals surface area contributed by atoms with Gasteiger partial charge in [0.1, 0.15) is 0 Å². The molecule has 0 atom stereocenters. The van der Waals surface area contributed by atoms with E-state index in [1.165, 1.54) is 44.2 Å². The second-order valence-electron chi connectivity index (χ2n) is 13.4. The van der Waals surface area contributed by atoms with Gasteiger partial charge in [-0.1, -0.05) is 164 Å². The van der Waals surface area contributed by atoms with E-state index in [4.69, 9.17) is 0 Å². The molecule has 0 N–H and O–H groups in total. The highest BCUT2D eigenvalue weighted by Crippen LogP contribution is 2.44. The van der Waals surface area contributed by atoms with Crippen molar-refractivity contribution in [2.24, 2.45) is 0 Å². The molecular weight excluding hydrogens is 653 g/mol. The maximum atomic E-state index is 2.38. The molecule has 0 heterocycles. The zero-order valence-electron chi connectivity index (χ0n) is 29.8. The van der Waals surface area contributed by atoms with Gasteiger partial charge in [0.2, 0.25) is 0 Å². The smallest absolute Gasteiger partial charge is 0.0546 e. The van der Waals surface area contributed by atoms with Crippen molar-refractivity contribution < 1.29 is 0 Å². The summed E-state index contributed by atoms with van der Waals surface area (Å²) in [5.74, 6) is 0. The molecule has 0 aliphatic heterocycles. The summed E-state index contributed by atoms with van der Waals surface area (Å²) >= 11 is 0. The van der Waals surface area contributed by atoms with Crippen molar-refractivity contribution in [2.75, 3.05) is 9.80 Å². The van der Waals surface area contributed by atoms with E-state index >= 15 is 0 Å². The fourth-order valence-corrected chi connectivity index (χ4v) is 7.42. The molecule has 9 aromatic carbocycles. The first kappa shape index (κ1) is 32.7. The lowest BCUT2D eigenvalue weighted by Crippen LogP contribution is -2.11. The van der Waals surface area contributed by atoms with Crippen LogP contribution in [-0.2, 0) is 0 Å². The maximum absolute atomic E-state index is 2.38. The number of fused-ring (bicyclic) bond motifs is 1. The Labute approximate surface area is 317 Å². The number of anilines is 6. The molecule has 0 aliphatic carbocycles. The van der Waals surface area contributed by atoms with Crippen molar-refractivity contribution in [2.45, 2.75) is 0 Å². The molecule has 2 nitrogen and oxygen atoms in total. The molecule has 9 aromatic rings. The highest BCUT2D eigenvalue weighted by atomic mass is 15.1. The van der Waals surface area contributed by atoms with E-state index < -0.39 is 0 Å². The summed E-state index contributed by atoms with van der Waals surface area (Å²) in [6, 6.07) is 82.3. The molecule has 0 bridgehead atoms. The standard InChI is InChI=1S/C52H38N2/c1-5-16-44(17-6-1)52-50-24-14-13-15-43(50)33-38-51(52)54(47-22-11-4-12-23-47)49-36-31-42(32-37-49)40-27-25-39(26-28-40)41-29-34-48(35-30-41)53(45-18-7-2-8-19-45)46-20-9-3-10-21-46/h1-38H. The van der Waals surface area contributed by atoms with Gasteiger partial charge in [0.15, 0.2) is 0 Å². The van der Waals surface area contributed by atoms with Crippen LogP contribution in [0.3, 0.4) is 0 Å². The van der Waals surface area contributed by atoms with E-state index in [0.29, 0.717) is 0 Å².